The fourth-order valence-corrected chi connectivity index (χ4v) is 24.2. The Morgan fingerprint density at radius 1 is 0.407 bits per heavy atom. The Balaban J connectivity index is 0.752. The van der Waals surface area contributed by atoms with Crippen molar-refractivity contribution in [2.24, 2.45) is 100 Å². The number of carbonyl (C=O) groups is 7. The van der Waals surface area contributed by atoms with Crippen LogP contribution in [-0.2, 0) is 43.0 Å². The van der Waals surface area contributed by atoms with Gasteiger partial charge in [0.2, 0.25) is 0 Å². The minimum atomic E-state index is -1.16. The molecule has 17 nitrogen and oxygen atoms in total. The number of aliphatic carboxylic acids is 5. The molecule has 0 bridgehead atoms. The lowest BCUT2D eigenvalue weighted by molar-refractivity contribution is -0.214. The molecule has 5 N–H and O–H groups in total. The number of hydrogen-bond acceptors (Lipinski definition) is 12. The van der Waals surface area contributed by atoms with Gasteiger partial charge in [-0.2, -0.15) is 0 Å². The first-order chi connectivity index (χ1) is 42.1. The van der Waals surface area contributed by atoms with E-state index in [1.54, 1.807) is 4.90 Å². The number of carboxylic acids is 5. The molecule has 17 heteroatoms. The van der Waals surface area contributed by atoms with Gasteiger partial charge in [-0.05, 0) is 207 Å². The van der Waals surface area contributed by atoms with Gasteiger partial charge in [-0.3, -0.25) is 48.3 Å². The van der Waals surface area contributed by atoms with E-state index in [-0.39, 0.29) is 106 Å². The van der Waals surface area contributed by atoms with Gasteiger partial charge in [0.15, 0.2) is 0 Å². The first-order valence-corrected chi connectivity index (χ1v) is 35.2. The molecule has 10 rings (SSSR count). The summed E-state index contributed by atoms with van der Waals surface area (Å²) in [6.45, 7) is 30.8. The normalized spacial score (nSPS) is 41.4. The van der Waals surface area contributed by atoms with E-state index < -0.39 is 95.3 Å². The molecular weight excluding hydrogens is 1150 g/mol. The summed E-state index contributed by atoms with van der Waals surface area (Å²) in [7, 11) is 0. The zero-order valence-electron chi connectivity index (χ0n) is 58.0. The van der Waals surface area contributed by atoms with Crippen LogP contribution in [0.1, 0.15) is 225 Å². The van der Waals surface area contributed by atoms with Crippen molar-refractivity contribution < 1.29 is 68.6 Å². The van der Waals surface area contributed by atoms with E-state index >= 15 is 0 Å². The predicted octanol–water partition coefficient (Wildman–Crippen LogP) is 12.7. The van der Waals surface area contributed by atoms with Gasteiger partial charge in [0.1, 0.15) is 12.2 Å². The molecule has 10 aliphatic carbocycles. The van der Waals surface area contributed by atoms with Crippen LogP contribution < -0.4 is 0 Å². The van der Waals surface area contributed by atoms with Gasteiger partial charge in [0, 0.05) is 37.0 Å². The van der Waals surface area contributed by atoms with E-state index in [1.807, 2.05) is 0 Å². The molecule has 0 aromatic carbocycles. The highest BCUT2D eigenvalue weighted by Gasteiger charge is 2.72. The Bertz CT molecular complexity index is 2780. The van der Waals surface area contributed by atoms with Crippen LogP contribution in [0, 0.1) is 100 Å². The Morgan fingerprint density at radius 2 is 0.736 bits per heavy atom. The van der Waals surface area contributed by atoms with Crippen molar-refractivity contribution >= 4 is 41.8 Å². The van der Waals surface area contributed by atoms with Crippen LogP contribution in [0.4, 0.5) is 0 Å². The highest BCUT2D eigenvalue weighted by molar-refractivity contribution is 5.78. The van der Waals surface area contributed by atoms with Crippen LogP contribution in [0.25, 0.3) is 0 Å². The third-order valence-electron chi connectivity index (χ3n) is 29.8. The van der Waals surface area contributed by atoms with E-state index in [0.29, 0.717) is 37.5 Å². The van der Waals surface area contributed by atoms with Crippen LogP contribution >= 0.6 is 0 Å². The average molecular weight is 1270 g/mol. The average Bonchev–Trinajstić information content (AvgIpc) is 0.686. The SMILES string of the molecule is CC1(C)CC[C@]2(C(=O)O)CC[C@]3(C)C(=CC[C@@H]4[C@@]5(C)CC[C@H](OC(=O)CN(CCN(CCN(CC(=O)O)CC(=O)O[C@H]6CC[C@]7(C)[C@H]8CC=C9[C@@H]%10CC(C)(C)CC[C@]%10(C(=O)O)CC[C@@]9(C)[C@]8(C)CC[C@H]7C6(C)C)CC(=O)O)CC(=O)O)C(C)(C)[C@@H]5CC[C@]43C)[C@@H]2C1. The summed E-state index contributed by atoms with van der Waals surface area (Å²) in [5.74, 6) is -4.64. The number of fused-ring (bicyclic) bond motifs is 14. The third kappa shape index (κ3) is 11.6. The maximum absolute atomic E-state index is 14.1. The summed E-state index contributed by atoms with van der Waals surface area (Å²) in [6.07, 6.45) is 21.0. The molecule has 91 heavy (non-hydrogen) atoms. The second-order valence-corrected chi connectivity index (χ2v) is 35.9. The molecule has 0 aliphatic heterocycles. The van der Waals surface area contributed by atoms with Gasteiger partial charge in [0.25, 0.3) is 0 Å². The van der Waals surface area contributed by atoms with Crippen LogP contribution in [0.5, 0.6) is 0 Å². The summed E-state index contributed by atoms with van der Waals surface area (Å²) in [4.78, 5) is 96.1. The fraction of sp³-hybridized carbons (Fsp3) is 0.851. The predicted molar refractivity (Wildman–Crippen MR) is 345 cm³/mol. The summed E-state index contributed by atoms with van der Waals surface area (Å²) in [5, 5.41) is 51.9. The molecule has 0 saturated heterocycles. The van der Waals surface area contributed by atoms with E-state index in [9.17, 15) is 59.1 Å². The quantitative estimate of drug-likeness (QED) is 0.0561. The molecule has 0 aromatic heterocycles. The Hall–Kier alpha value is -4.35. The topological polar surface area (TPSA) is 249 Å². The number of carbonyl (C=O) groups excluding carboxylic acids is 2. The second-order valence-electron chi connectivity index (χ2n) is 35.9. The van der Waals surface area contributed by atoms with Crippen molar-refractivity contribution in [3.8, 4) is 0 Å². The van der Waals surface area contributed by atoms with Crippen molar-refractivity contribution in [2.45, 2.75) is 238 Å². The standard InChI is InChI=1S/C74H115N3O14/c1-63(2)27-31-73(61(86)87)33-29-69(11)46(48(73)39-63)15-17-52-67(9)23-21-54(65(5,6)50(67)19-25-71(52,69)13)90-59(84)44-76(42-57(80)81)37-35-75(41-56(78)79)36-38-77(43-58(82)83)45-60(85)91-55-22-24-68(10)51(66(55,7)8)20-26-72(14)53(68)18-16-47-49-40-64(3,4)28-32-74(49,62(88)89)34-30-70(47,72)12/h15-16,48-55H,17-45H2,1-14H3,(H,78,79)(H,80,81)(H,82,83)(H,86,87)(H,88,89)/t48-,49-,50-,51-,52+,53+,54-,55-,67-,68-,69+,70+,71+,72+,73-,74-/m0/s1. The molecule has 0 aromatic rings. The number of ether oxygens (including phenoxy) is 2. The zero-order valence-corrected chi connectivity index (χ0v) is 58.0. The highest BCUT2D eigenvalue weighted by atomic mass is 16.6. The van der Waals surface area contributed by atoms with E-state index in [2.05, 4.69) is 109 Å². The van der Waals surface area contributed by atoms with E-state index in [1.165, 1.54) is 20.9 Å². The van der Waals surface area contributed by atoms with Gasteiger partial charge < -0.3 is 35.0 Å². The fourth-order valence-electron chi connectivity index (χ4n) is 24.2. The van der Waals surface area contributed by atoms with Gasteiger partial charge in [-0.25, -0.2) is 0 Å². The summed E-state index contributed by atoms with van der Waals surface area (Å²) in [6, 6.07) is 0. The monoisotopic (exact) mass is 1270 g/mol. The lowest BCUT2D eigenvalue weighted by atomic mass is 9.33. The Morgan fingerprint density at radius 3 is 1.08 bits per heavy atom. The molecule has 8 fully saturated rings. The van der Waals surface area contributed by atoms with Gasteiger partial charge in [-0.1, -0.05) is 120 Å². The van der Waals surface area contributed by atoms with Gasteiger partial charge in [0.05, 0.1) is 43.6 Å². The highest BCUT2D eigenvalue weighted by Crippen LogP contribution is 2.78. The van der Waals surface area contributed by atoms with Crippen molar-refractivity contribution in [1.29, 1.82) is 0 Å². The van der Waals surface area contributed by atoms with Crippen LogP contribution in [0.2, 0.25) is 0 Å². The summed E-state index contributed by atoms with van der Waals surface area (Å²) in [5.41, 5.74) is 0.199. The maximum Gasteiger partial charge on any atom is 0.320 e. The number of hydrogen-bond donors (Lipinski definition) is 5. The molecule has 0 spiro atoms. The van der Waals surface area contributed by atoms with Gasteiger partial charge >= 0.3 is 41.8 Å². The van der Waals surface area contributed by atoms with Crippen molar-refractivity contribution in [3.63, 3.8) is 0 Å². The summed E-state index contributed by atoms with van der Waals surface area (Å²) < 4.78 is 12.8. The first-order valence-electron chi connectivity index (χ1n) is 35.2. The Kier molecular flexibility index (Phi) is 18.2. The Labute approximate surface area is 543 Å². The van der Waals surface area contributed by atoms with Crippen molar-refractivity contribution in [1.82, 2.24) is 14.7 Å². The lowest BCUT2D eigenvalue weighted by Crippen LogP contribution is -2.65. The molecule has 10 aliphatic rings. The minimum Gasteiger partial charge on any atom is -0.481 e. The lowest BCUT2D eigenvalue weighted by Gasteiger charge is -2.71. The number of carboxylic acid groups (broad SMARTS) is 5. The molecule has 510 valence electrons. The smallest absolute Gasteiger partial charge is 0.320 e. The molecule has 0 radical (unpaired) electrons. The van der Waals surface area contributed by atoms with Gasteiger partial charge in [-0.15, -0.1) is 0 Å². The zero-order chi connectivity index (χ0) is 66.9. The molecule has 16 atom stereocenters. The summed E-state index contributed by atoms with van der Waals surface area (Å²) >= 11 is 0. The largest absolute Gasteiger partial charge is 0.481 e. The minimum absolute atomic E-state index is 0.00269. The number of allylic oxidation sites excluding steroid dienone is 4. The molecule has 0 unspecified atom stereocenters. The number of nitrogens with zero attached hydrogens (tertiary/aromatic N) is 3. The molecule has 0 heterocycles. The van der Waals surface area contributed by atoms with Crippen LogP contribution in [0.15, 0.2) is 23.3 Å². The number of esters is 2. The maximum atomic E-state index is 14.1. The van der Waals surface area contributed by atoms with Crippen molar-refractivity contribution in [2.75, 3.05) is 58.9 Å². The van der Waals surface area contributed by atoms with Crippen LogP contribution in [-0.4, -0.2) is 153 Å². The molecule has 8 saturated carbocycles. The van der Waals surface area contributed by atoms with E-state index in [4.69, 9.17) is 9.47 Å². The third-order valence-corrected chi connectivity index (χ3v) is 29.8. The second kappa shape index (κ2) is 23.8. The van der Waals surface area contributed by atoms with Crippen LogP contribution in [0.3, 0.4) is 0 Å². The van der Waals surface area contributed by atoms with E-state index in [0.717, 1.165) is 103 Å². The number of rotatable bonds is 20. The molecule has 0 amide bonds. The first kappa shape index (κ1) is 69.5. The van der Waals surface area contributed by atoms with Crippen molar-refractivity contribution in [3.05, 3.63) is 23.3 Å². The molecular formula is C74H115N3O14.